The second kappa shape index (κ2) is 52.2. The average molecular weight is 897 g/mol. The van der Waals surface area contributed by atoms with Crippen LogP contribution in [0.5, 0.6) is 0 Å². The first-order valence-corrected chi connectivity index (χ1v) is 25.7. The molecule has 0 aromatic carbocycles. The quantitative estimate of drug-likeness (QED) is 0.0262. The van der Waals surface area contributed by atoms with Crippen LogP contribution in [0, 0.1) is 0 Å². The molecule has 0 aromatic rings. The zero-order valence-corrected chi connectivity index (χ0v) is 41.4. The minimum Gasteiger partial charge on any atom is -0.462 e. The van der Waals surface area contributed by atoms with Gasteiger partial charge in [-0.2, -0.15) is 0 Å². The monoisotopic (exact) mass is 897 g/mol. The summed E-state index contributed by atoms with van der Waals surface area (Å²) in [7, 11) is 0. The second-order valence-electron chi connectivity index (χ2n) is 16.3. The zero-order valence-electron chi connectivity index (χ0n) is 41.4. The van der Waals surface area contributed by atoms with Crippen LogP contribution in [0.1, 0.15) is 201 Å². The number of hydrogen-bond donors (Lipinski definition) is 0. The molecule has 6 heteroatoms. The van der Waals surface area contributed by atoms with E-state index in [9.17, 15) is 14.4 Å². The summed E-state index contributed by atoms with van der Waals surface area (Å²) in [5.74, 6) is -1.05. The van der Waals surface area contributed by atoms with E-state index in [1.54, 1.807) is 0 Å². The molecule has 0 aliphatic heterocycles. The van der Waals surface area contributed by atoms with Crippen molar-refractivity contribution in [3.05, 3.63) is 134 Å². The van der Waals surface area contributed by atoms with Gasteiger partial charge < -0.3 is 14.2 Å². The first kappa shape index (κ1) is 60.5. The molecule has 0 rings (SSSR count). The molecule has 364 valence electrons. The minimum atomic E-state index is -0.830. The van der Waals surface area contributed by atoms with Crippen LogP contribution < -0.4 is 0 Å². The number of carbonyl (C=O) groups is 3. The summed E-state index contributed by atoms with van der Waals surface area (Å²) in [6.07, 6.45) is 73.0. The molecule has 0 aromatic heterocycles. The predicted octanol–water partition coefficient (Wildman–Crippen LogP) is 17.1. The molecule has 0 aliphatic rings. The molecule has 0 N–H and O–H groups in total. The summed E-state index contributed by atoms with van der Waals surface area (Å²) in [5.41, 5.74) is 0. The van der Waals surface area contributed by atoms with Crippen LogP contribution in [0.25, 0.3) is 0 Å². The third-order valence-electron chi connectivity index (χ3n) is 10.1. The van der Waals surface area contributed by atoms with Gasteiger partial charge in [-0.25, -0.2) is 0 Å². The van der Waals surface area contributed by atoms with Crippen molar-refractivity contribution >= 4 is 17.9 Å². The van der Waals surface area contributed by atoms with Crippen LogP contribution in [0.3, 0.4) is 0 Å². The Kier molecular flexibility index (Phi) is 48.6. The van der Waals surface area contributed by atoms with Crippen molar-refractivity contribution < 1.29 is 28.6 Å². The van der Waals surface area contributed by atoms with E-state index in [1.807, 2.05) is 0 Å². The van der Waals surface area contributed by atoms with Gasteiger partial charge in [-0.05, 0) is 128 Å². The van der Waals surface area contributed by atoms with Gasteiger partial charge >= 0.3 is 17.9 Å². The van der Waals surface area contributed by atoms with Crippen molar-refractivity contribution in [2.24, 2.45) is 0 Å². The van der Waals surface area contributed by atoms with E-state index >= 15 is 0 Å². The van der Waals surface area contributed by atoms with Crippen LogP contribution in [-0.4, -0.2) is 37.2 Å². The van der Waals surface area contributed by atoms with E-state index in [4.69, 9.17) is 14.2 Å². The van der Waals surface area contributed by atoms with Gasteiger partial charge in [-0.1, -0.05) is 187 Å². The molecule has 65 heavy (non-hydrogen) atoms. The number of ether oxygens (including phenoxy) is 3. The van der Waals surface area contributed by atoms with E-state index in [-0.39, 0.29) is 50.4 Å². The van der Waals surface area contributed by atoms with Crippen molar-refractivity contribution in [1.82, 2.24) is 0 Å². The fraction of sp³-hybridized carbons (Fsp3) is 0.576. The van der Waals surface area contributed by atoms with E-state index in [2.05, 4.69) is 154 Å². The summed E-state index contributed by atoms with van der Waals surface area (Å²) in [6, 6.07) is 0. The van der Waals surface area contributed by atoms with Crippen LogP contribution in [0.4, 0.5) is 0 Å². The van der Waals surface area contributed by atoms with Crippen LogP contribution in [0.15, 0.2) is 134 Å². The molecule has 0 heterocycles. The molecule has 6 nitrogen and oxygen atoms in total. The van der Waals surface area contributed by atoms with Crippen molar-refractivity contribution in [2.45, 2.75) is 207 Å². The van der Waals surface area contributed by atoms with E-state index in [0.29, 0.717) is 12.8 Å². The third kappa shape index (κ3) is 50.4. The molecule has 0 saturated heterocycles. The maximum absolute atomic E-state index is 12.8. The molecule has 1 atom stereocenters. The highest BCUT2D eigenvalue weighted by Gasteiger charge is 2.19. The van der Waals surface area contributed by atoms with E-state index in [1.165, 1.54) is 25.7 Å². The largest absolute Gasteiger partial charge is 0.462 e. The standard InChI is InChI=1S/C59H92O6/c1-4-7-10-13-16-19-22-25-28-29-32-34-37-40-43-46-49-52-58(61)64-55-56(65-59(62)53-50-47-44-41-38-35-31-27-24-21-18-15-12-9-6-3)54-63-57(60)51-48-45-42-39-36-33-30-26-23-20-17-14-11-8-5-2/h7-8,10-11,16-21,25-28,30-32,34,36,39-40,43,56H,4-6,9,12-15,22-24,29,33,35,37-38,41-42,44-55H2,1-3H3/b10-7-,11-8-,19-16-,20-17-,21-18-,28-25-,30-26-,31-27-,34-32-,39-36-,43-40-/t56-/m0/s1. The lowest BCUT2D eigenvalue weighted by Gasteiger charge is -2.18. The molecule has 0 saturated carbocycles. The highest BCUT2D eigenvalue weighted by atomic mass is 16.6. The summed E-state index contributed by atoms with van der Waals surface area (Å²) in [5, 5.41) is 0. The second-order valence-corrected chi connectivity index (χ2v) is 16.3. The molecule has 0 unspecified atom stereocenters. The number of carbonyl (C=O) groups excluding carboxylic acids is 3. The topological polar surface area (TPSA) is 78.9 Å². The molecule has 0 spiro atoms. The van der Waals surface area contributed by atoms with Gasteiger partial charge in [-0.3, -0.25) is 14.4 Å². The number of rotatable bonds is 44. The Morgan fingerprint density at radius 1 is 0.323 bits per heavy atom. The SMILES string of the molecule is CC/C=C\C/C=C\C/C=C\C/C=C\C/C=C\CCCC(=O)OC[C@H](COC(=O)CCCC/C=C\C/C=C\C/C=C\C/C=C\CC)OC(=O)CCCCCCC/C=C\C/C=C\CCCCC. The van der Waals surface area contributed by atoms with Crippen molar-refractivity contribution in [3.8, 4) is 0 Å². The average Bonchev–Trinajstić information content (AvgIpc) is 3.30. The maximum Gasteiger partial charge on any atom is 0.306 e. The molecular weight excluding hydrogens is 805 g/mol. The molecule has 0 fully saturated rings. The van der Waals surface area contributed by atoms with Crippen molar-refractivity contribution in [1.29, 1.82) is 0 Å². The highest BCUT2D eigenvalue weighted by Crippen LogP contribution is 2.11. The van der Waals surface area contributed by atoms with E-state index in [0.717, 1.165) is 122 Å². The molecule has 0 aliphatic carbocycles. The fourth-order valence-electron chi connectivity index (χ4n) is 6.32. The number of allylic oxidation sites excluding steroid dienone is 22. The van der Waals surface area contributed by atoms with Crippen molar-refractivity contribution in [2.75, 3.05) is 13.2 Å². The Labute approximate surface area is 398 Å². The molecule has 0 bridgehead atoms. The molecular formula is C59H92O6. The van der Waals surface area contributed by atoms with Gasteiger partial charge in [0, 0.05) is 19.3 Å². The number of unbranched alkanes of at least 4 members (excludes halogenated alkanes) is 11. The summed E-state index contributed by atoms with van der Waals surface area (Å²) < 4.78 is 16.7. The Morgan fingerprint density at radius 2 is 0.615 bits per heavy atom. The summed E-state index contributed by atoms with van der Waals surface area (Å²) >= 11 is 0. The van der Waals surface area contributed by atoms with Gasteiger partial charge in [-0.15, -0.1) is 0 Å². The van der Waals surface area contributed by atoms with Gasteiger partial charge in [0.25, 0.3) is 0 Å². The molecule has 0 amide bonds. The Bertz CT molecular complexity index is 1450. The summed E-state index contributed by atoms with van der Waals surface area (Å²) in [6.45, 7) is 6.26. The van der Waals surface area contributed by atoms with E-state index < -0.39 is 6.10 Å². The lowest BCUT2D eigenvalue weighted by atomic mass is 10.1. The lowest BCUT2D eigenvalue weighted by molar-refractivity contribution is -0.167. The number of hydrogen-bond acceptors (Lipinski definition) is 6. The maximum atomic E-state index is 12.8. The Morgan fingerprint density at radius 3 is 1.03 bits per heavy atom. The van der Waals surface area contributed by atoms with Gasteiger partial charge in [0.05, 0.1) is 0 Å². The van der Waals surface area contributed by atoms with Crippen LogP contribution in [0.2, 0.25) is 0 Å². The van der Waals surface area contributed by atoms with Gasteiger partial charge in [0.15, 0.2) is 6.10 Å². The fourth-order valence-corrected chi connectivity index (χ4v) is 6.32. The third-order valence-corrected chi connectivity index (χ3v) is 10.1. The van der Waals surface area contributed by atoms with Crippen LogP contribution >= 0.6 is 0 Å². The lowest BCUT2D eigenvalue weighted by Crippen LogP contribution is -2.30. The highest BCUT2D eigenvalue weighted by molar-refractivity contribution is 5.71. The first-order chi connectivity index (χ1) is 32.0. The Hall–Kier alpha value is -4.45. The summed E-state index contributed by atoms with van der Waals surface area (Å²) in [4.78, 5) is 38.0. The normalized spacial score (nSPS) is 13.2. The number of esters is 3. The minimum absolute atomic E-state index is 0.128. The molecule has 0 radical (unpaired) electrons. The zero-order chi connectivity index (χ0) is 47.2. The first-order valence-electron chi connectivity index (χ1n) is 25.7. The van der Waals surface area contributed by atoms with Gasteiger partial charge in [0.1, 0.15) is 13.2 Å². The Balaban J connectivity index is 4.60. The van der Waals surface area contributed by atoms with Crippen molar-refractivity contribution in [3.63, 3.8) is 0 Å². The predicted molar refractivity (Wildman–Crippen MR) is 279 cm³/mol. The van der Waals surface area contributed by atoms with Gasteiger partial charge in [0.2, 0.25) is 0 Å². The van der Waals surface area contributed by atoms with Crippen LogP contribution in [-0.2, 0) is 28.6 Å². The smallest absolute Gasteiger partial charge is 0.306 e.